The average Bonchev–Trinajstić information content (AvgIpc) is 2.87. The first-order valence-corrected chi connectivity index (χ1v) is 12.4. The van der Waals surface area contributed by atoms with Crippen LogP contribution in [-0.4, -0.2) is 11.1 Å². The molecule has 204 valence electrons. The van der Waals surface area contributed by atoms with Crippen molar-refractivity contribution in [2.75, 3.05) is 0 Å². The Morgan fingerprint density at radius 1 is 1.00 bits per heavy atom. The van der Waals surface area contributed by atoms with E-state index in [1.165, 1.54) is 55.3 Å². The number of aromatic carboxylic acids is 1. The summed E-state index contributed by atoms with van der Waals surface area (Å²) in [6, 6.07) is 12.3. The van der Waals surface area contributed by atoms with Crippen molar-refractivity contribution in [1.82, 2.24) is 0 Å². The summed E-state index contributed by atoms with van der Waals surface area (Å²) in [5.41, 5.74) is 0.823. The van der Waals surface area contributed by atoms with Crippen molar-refractivity contribution in [3.05, 3.63) is 106 Å². The number of halogens is 5. The predicted octanol–water partition coefficient (Wildman–Crippen LogP) is 9.66. The normalized spacial score (nSPS) is 15.8. The second-order valence-electron chi connectivity index (χ2n) is 9.20. The second kappa shape index (κ2) is 14.0. The summed E-state index contributed by atoms with van der Waals surface area (Å²) < 4.78 is 57.5. The number of carboxylic acids is 1. The molecule has 2 unspecified atom stereocenters. The summed E-state index contributed by atoms with van der Waals surface area (Å²) >= 11 is 5.90. The Kier molecular flexibility index (Phi) is 11.4. The Bertz CT molecular complexity index is 1270. The Labute approximate surface area is 225 Å². The minimum absolute atomic E-state index is 0.0203. The first-order chi connectivity index (χ1) is 17.8. The van der Waals surface area contributed by atoms with Crippen LogP contribution in [0.5, 0.6) is 5.75 Å². The Balaban J connectivity index is 0.000000246. The molecule has 1 aliphatic carbocycles. The zero-order chi connectivity index (χ0) is 28.6. The van der Waals surface area contributed by atoms with E-state index in [4.69, 9.17) is 21.4 Å². The van der Waals surface area contributed by atoms with Crippen LogP contribution in [0.2, 0.25) is 5.02 Å². The average molecular weight is 551 g/mol. The van der Waals surface area contributed by atoms with E-state index in [1.807, 2.05) is 0 Å². The monoisotopic (exact) mass is 550 g/mol. The van der Waals surface area contributed by atoms with Crippen LogP contribution in [0.15, 0.2) is 61.2 Å². The molecule has 3 nitrogen and oxygen atoms in total. The first-order valence-electron chi connectivity index (χ1n) is 12.0. The van der Waals surface area contributed by atoms with Gasteiger partial charge in [-0.1, -0.05) is 69.1 Å². The third-order valence-corrected chi connectivity index (χ3v) is 6.79. The number of alkyl halides is 2. The summed E-state index contributed by atoms with van der Waals surface area (Å²) in [6.45, 7) is 11.5. The lowest BCUT2D eigenvalue weighted by molar-refractivity contribution is 0.0696. The van der Waals surface area contributed by atoms with Gasteiger partial charge in [-0.05, 0) is 67.1 Å². The molecule has 0 aromatic heterocycles. The SMILES string of the molecule is C=C(Oc1c(Cl)cccc1C(F)F)c1cccc(F)c1C.CC1CCC1C.Cc1ccc(C(=O)O)cc1F. The van der Waals surface area contributed by atoms with Crippen LogP contribution in [0, 0.1) is 37.3 Å². The van der Waals surface area contributed by atoms with Crippen LogP contribution in [0.1, 0.15) is 65.7 Å². The molecule has 0 saturated heterocycles. The van der Waals surface area contributed by atoms with E-state index in [0.717, 1.165) is 17.9 Å². The van der Waals surface area contributed by atoms with Crippen molar-refractivity contribution < 1.29 is 32.2 Å². The molecule has 1 aliphatic rings. The van der Waals surface area contributed by atoms with Gasteiger partial charge in [0.2, 0.25) is 0 Å². The maximum atomic E-state index is 13.5. The maximum absolute atomic E-state index is 13.5. The lowest BCUT2D eigenvalue weighted by atomic mass is 9.77. The van der Waals surface area contributed by atoms with Crippen molar-refractivity contribution in [3.63, 3.8) is 0 Å². The Morgan fingerprint density at radius 2 is 1.61 bits per heavy atom. The van der Waals surface area contributed by atoms with Crippen LogP contribution >= 0.6 is 11.6 Å². The summed E-state index contributed by atoms with van der Waals surface area (Å²) in [5, 5.41) is 8.48. The number of benzene rings is 3. The maximum Gasteiger partial charge on any atom is 0.335 e. The third kappa shape index (κ3) is 8.35. The molecular formula is C30H31ClF4O3. The fraction of sp³-hybridized carbons (Fsp3) is 0.300. The number of hydrogen-bond acceptors (Lipinski definition) is 2. The number of rotatable bonds is 5. The molecule has 38 heavy (non-hydrogen) atoms. The lowest BCUT2D eigenvalue weighted by Gasteiger charge is -2.29. The van der Waals surface area contributed by atoms with Gasteiger partial charge in [0.05, 0.1) is 16.1 Å². The van der Waals surface area contributed by atoms with Crippen molar-refractivity contribution in [1.29, 1.82) is 0 Å². The first kappa shape index (κ1) is 30.9. The molecule has 0 heterocycles. The standard InChI is InChI=1S/C16H12ClF3O.C8H7FO2.C6H12/c1-9-11(5-4-8-14(9)18)10(2)21-15-12(16(19)20)6-3-7-13(15)17;1-5-2-3-6(8(10)11)4-7(5)9;1-5-3-4-6(5)2/h3-8,16H,2H2,1H3;2-4H,1H3,(H,10,11);5-6H,3-4H2,1-2H3. The molecule has 1 saturated carbocycles. The predicted molar refractivity (Wildman–Crippen MR) is 143 cm³/mol. The van der Waals surface area contributed by atoms with E-state index in [0.29, 0.717) is 16.7 Å². The molecular weight excluding hydrogens is 520 g/mol. The molecule has 0 spiro atoms. The van der Waals surface area contributed by atoms with Crippen LogP contribution in [0.25, 0.3) is 5.76 Å². The fourth-order valence-corrected chi connectivity index (χ4v) is 3.67. The van der Waals surface area contributed by atoms with Gasteiger partial charge in [0.15, 0.2) is 5.75 Å². The van der Waals surface area contributed by atoms with Gasteiger partial charge in [-0.25, -0.2) is 22.4 Å². The molecule has 8 heteroatoms. The summed E-state index contributed by atoms with van der Waals surface area (Å²) in [5.74, 6) is -0.0564. The van der Waals surface area contributed by atoms with E-state index in [2.05, 4.69) is 20.4 Å². The quantitative estimate of drug-likeness (QED) is 0.254. The van der Waals surface area contributed by atoms with Gasteiger partial charge in [0, 0.05) is 5.56 Å². The smallest absolute Gasteiger partial charge is 0.335 e. The molecule has 0 bridgehead atoms. The van der Waals surface area contributed by atoms with E-state index in [1.54, 1.807) is 19.9 Å². The second-order valence-corrected chi connectivity index (χ2v) is 9.60. The van der Waals surface area contributed by atoms with Gasteiger partial charge in [0.1, 0.15) is 17.4 Å². The Hall–Kier alpha value is -3.32. The van der Waals surface area contributed by atoms with E-state index in [-0.39, 0.29) is 27.7 Å². The fourth-order valence-electron chi connectivity index (χ4n) is 3.45. The molecule has 0 amide bonds. The minimum Gasteiger partial charge on any atom is -0.478 e. The highest BCUT2D eigenvalue weighted by Gasteiger charge is 2.21. The highest BCUT2D eigenvalue weighted by atomic mass is 35.5. The number of hydrogen-bond donors (Lipinski definition) is 1. The van der Waals surface area contributed by atoms with Crippen molar-refractivity contribution in [2.45, 2.75) is 47.0 Å². The Morgan fingerprint density at radius 3 is 2.11 bits per heavy atom. The highest BCUT2D eigenvalue weighted by molar-refractivity contribution is 6.32. The van der Waals surface area contributed by atoms with Crippen LogP contribution in [0.3, 0.4) is 0 Å². The van der Waals surface area contributed by atoms with E-state index >= 15 is 0 Å². The van der Waals surface area contributed by atoms with Crippen LogP contribution < -0.4 is 4.74 Å². The molecule has 4 rings (SSSR count). The van der Waals surface area contributed by atoms with Crippen molar-refractivity contribution in [3.8, 4) is 5.75 Å². The number of carboxylic acid groups (broad SMARTS) is 1. The zero-order valence-electron chi connectivity index (χ0n) is 21.7. The van der Waals surface area contributed by atoms with Crippen molar-refractivity contribution in [2.24, 2.45) is 11.8 Å². The van der Waals surface area contributed by atoms with Gasteiger partial charge in [0.25, 0.3) is 6.43 Å². The molecule has 1 fully saturated rings. The topological polar surface area (TPSA) is 46.5 Å². The third-order valence-electron chi connectivity index (χ3n) is 6.49. The number of para-hydroxylation sites is 1. The minimum atomic E-state index is -2.74. The summed E-state index contributed by atoms with van der Waals surface area (Å²) in [6.07, 6.45) is 0.211. The van der Waals surface area contributed by atoms with Gasteiger partial charge in [-0.2, -0.15) is 0 Å². The van der Waals surface area contributed by atoms with E-state index in [9.17, 15) is 22.4 Å². The molecule has 1 N–H and O–H groups in total. The number of carbonyl (C=O) groups is 1. The van der Waals surface area contributed by atoms with Gasteiger partial charge in [-0.3, -0.25) is 0 Å². The van der Waals surface area contributed by atoms with E-state index < -0.39 is 24.0 Å². The molecule has 0 radical (unpaired) electrons. The number of aryl methyl sites for hydroxylation is 1. The lowest BCUT2D eigenvalue weighted by Crippen LogP contribution is -2.18. The van der Waals surface area contributed by atoms with Gasteiger partial charge >= 0.3 is 5.97 Å². The highest BCUT2D eigenvalue weighted by Crippen LogP contribution is 2.37. The molecule has 3 aromatic carbocycles. The van der Waals surface area contributed by atoms with Crippen LogP contribution in [0.4, 0.5) is 17.6 Å². The van der Waals surface area contributed by atoms with Gasteiger partial charge in [-0.15, -0.1) is 0 Å². The van der Waals surface area contributed by atoms with Gasteiger partial charge < -0.3 is 9.84 Å². The van der Waals surface area contributed by atoms with Crippen LogP contribution in [-0.2, 0) is 0 Å². The summed E-state index contributed by atoms with van der Waals surface area (Å²) in [4.78, 5) is 10.3. The zero-order valence-corrected chi connectivity index (χ0v) is 22.5. The van der Waals surface area contributed by atoms with Crippen molar-refractivity contribution >= 4 is 23.3 Å². The molecule has 2 atom stereocenters. The number of ether oxygens (including phenoxy) is 1. The summed E-state index contributed by atoms with van der Waals surface area (Å²) in [7, 11) is 0. The molecule has 3 aromatic rings. The largest absolute Gasteiger partial charge is 0.478 e. The molecule has 0 aliphatic heterocycles.